The third-order valence-electron chi connectivity index (χ3n) is 4.06. The van der Waals surface area contributed by atoms with Gasteiger partial charge in [0.2, 0.25) is 5.91 Å². The molecular weight excluding hydrogens is 479 g/mol. The van der Waals surface area contributed by atoms with Gasteiger partial charge in [0.15, 0.2) is 15.0 Å². The lowest BCUT2D eigenvalue weighted by atomic mass is 10.3. The zero-order valence-electron chi connectivity index (χ0n) is 16.2. The van der Waals surface area contributed by atoms with E-state index in [0.29, 0.717) is 27.4 Å². The van der Waals surface area contributed by atoms with Gasteiger partial charge in [-0.25, -0.2) is 8.42 Å². The lowest BCUT2D eigenvalue weighted by Crippen LogP contribution is -2.15. The van der Waals surface area contributed by atoms with Crippen LogP contribution in [-0.2, 0) is 26.9 Å². The van der Waals surface area contributed by atoms with E-state index < -0.39 is 9.84 Å². The molecule has 2 aromatic carbocycles. The Balaban J connectivity index is 1.72. The molecule has 0 bridgehead atoms. The molecule has 0 atom stereocenters. The summed E-state index contributed by atoms with van der Waals surface area (Å²) in [5.74, 6) is -0.350. The summed E-state index contributed by atoms with van der Waals surface area (Å²) in [7, 11) is -3.59. The second-order valence-corrected chi connectivity index (χ2v) is 10.1. The van der Waals surface area contributed by atoms with Gasteiger partial charge in [0.25, 0.3) is 0 Å². The number of carbonyl (C=O) groups is 1. The number of benzene rings is 2. The molecule has 0 spiro atoms. The Hall–Kier alpha value is -2.33. The second-order valence-electron chi connectivity index (χ2n) is 6.33. The fourth-order valence-corrected chi connectivity index (χ4v) is 5.03. The van der Waals surface area contributed by atoms with Crippen molar-refractivity contribution in [2.24, 2.45) is 0 Å². The van der Waals surface area contributed by atoms with Gasteiger partial charge in [0.1, 0.15) is 11.6 Å². The van der Waals surface area contributed by atoms with Crippen LogP contribution in [-0.4, -0.2) is 34.8 Å². The number of aromatic nitrogens is 3. The van der Waals surface area contributed by atoms with Crippen molar-refractivity contribution in [3.8, 4) is 0 Å². The molecular formula is C20H18Cl2N4O3S2. The van der Waals surface area contributed by atoms with Crippen LogP contribution in [0, 0.1) is 0 Å². The SMILES string of the molecule is C=CCn1c(CS(=O)(=O)c2ccccc2)nnc1SCC(=O)Nc1cc(Cl)ccc1Cl. The highest BCUT2D eigenvalue weighted by atomic mass is 35.5. The van der Waals surface area contributed by atoms with Crippen molar-refractivity contribution >= 4 is 56.4 Å². The number of carbonyl (C=O) groups excluding carboxylic acids is 1. The molecule has 0 saturated heterocycles. The molecule has 11 heteroatoms. The first kappa shape index (κ1) is 23.3. The Kier molecular flexibility index (Phi) is 7.77. The van der Waals surface area contributed by atoms with E-state index in [1.54, 1.807) is 47.0 Å². The number of nitrogens with one attached hydrogen (secondary N) is 1. The number of hydrogen-bond donors (Lipinski definition) is 1. The van der Waals surface area contributed by atoms with E-state index in [4.69, 9.17) is 23.2 Å². The van der Waals surface area contributed by atoms with Crippen LogP contribution in [0.4, 0.5) is 5.69 Å². The van der Waals surface area contributed by atoms with Crippen LogP contribution in [0.1, 0.15) is 5.82 Å². The fourth-order valence-electron chi connectivity index (χ4n) is 2.64. The van der Waals surface area contributed by atoms with E-state index >= 15 is 0 Å². The van der Waals surface area contributed by atoms with Crippen molar-refractivity contribution in [3.05, 3.63) is 77.1 Å². The maximum absolute atomic E-state index is 12.7. The normalized spacial score (nSPS) is 11.3. The number of allylic oxidation sites excluding steroid dienone is 1. The van der Waals surface area contributed by atoms with Crippen LogP contribution < -0.4 is 5.32 Å². The lowest BCUT2D eigenvalue weighted by Gasteiger charge is -2.09. The third kappa shape index (κ3) is 6.10. The van der Waals surface area contributed by atoms with Gasteiger partial charge < -0.3 is 9.88 Å². The van der Waals surface area contributed by atoms with Crippen LogP contribution in [0.2, 0.25) is 10.0 Å². The molecule has 3 aromatic rings. The molecule has 1 heterocycles. The molecule has 0 aliphatic heterocycles. The van der Waals surface area contributed by atoms with Crippen molar-refractivity contribution in [2.45, 2.75) is 22.3 Å². The predicted octanol–water partition coefficient (Wildman–Crippen LogP) is 4.48. The molecule has 1 N–H and O–H groups in total. The van der Waals surface area contributed by atoms with Crippen LogP contribution in [0.15, 0.2) is 71.2 Å². The van der Waals surface area contributed by atoms with Gasteiger partial charge in [-0.05, 0) is 30.3 Å². The van der Waals surface area contributed by atoms with Crippen molar-refractivity contribution in [1.82, 2.24) is 14.8 Å². The topological polar surface area (TPSA) is 93.9 Å². The van der Waals surface area contributed by atoms with E-state index in [9.17, 15) is 13.2 Å². The molecule has 3 rings (SSSR count). The molecule has 1 aromatic heterocycles. The fraction of sp³-hybridized carbons (Fsp3) is 0.150. The molecule has 0 saturated carbocycles. The smallest absolute Gasteiger partial charge is 0.234 e. The maximum Gasteiger partial charge on any atom is 0.234 e. The Morgan fingerprint density at radius 1 is 1.16 bits per heavy atom. The van der Waals surface area contributed by atoms with E-state index in [-0.39, 0.29) is 28.1 Å². The van der Waals surface area contributed by atoms with Gasteiger partial charge >= 0.3 is 0 Å². The van der Waals surface area contributed by atoms with Crippen molar-refractivity contribution in [1.29, 1.82) is 0 Å². The molecule has 162 valence electrons. The van der Waals surface area contributed by atoms with Crippen molar-refractivity contribution in [3.63, 3.8) is 0 Å². The molecule has 0 aliphatic rings. The Morgan fingerprint density at radius 2 is 1.90 bits per heavy atom. The first-order chi connectivity index (χ1) is 14.8. The van der Waals surface area contributed by atoms with E-state index in [2.05, 4.69) is 22.1 Å². The summed E-state index contributed by atoms with van der Waals surface area (Å²) in [6.45, 7) is 4.00. The average Bonchev–Trinajstić information content (AvgIpc) is 3.11. The minimum Gasteiger partial charge on any atom is -0.324 e. The number of rotatable bonds is 9. The quantitative estimate of drug-likeness (QED) is 0.346. The number of anilines is 1. The van der Waals surface area contributed by atoms with E-state index in [1.807, 2.05) is 0 Å². The van der Waals surface area contributed by atoms with Crippen LogP contribution in [0.25, 0.3) is 0 Å². The summed E-state index contributed by atoms with van der Waals surface area (Å²) in [5.41, 5.74) is 0.405. The number of sulfone groups is 1. The highest BCUT2D eigenvalue weighted by molar-refractivity contribution is 7.99. The first-order valence-electron chi connectivity index (χ1n) is 8.98. The van der Waals surface area contributed by atoms with Gasteiger partial charge in [0, 0.05) is 11.6 Å². The molecule has 0 unspecified atom stereocenters. The number of halogens is 2. The number of hydrogen-bond acceptors (Lipinski definition) is 6. The Morgan fingerprint density at radius 3 is 2.61 bits per heavy atom. The standard InChI is InChI=1S/C20H18Cl2N4O3S2/c1-2-10-26-18(13-31(28,29)15-6-4-3-5-7-15)24-25-20(26)30-12-19(27)23-17-11-14(21)8-9-16(17)22/h2-9,11H,1,10,12-13H2,(H,23,27). The van der Waals surface area contributed by atoms with Gasteiger partial charge in [-0.3, -0.25) is 4.79 Å². The minimum absolute atomic E-state index is 0.0174. The minimum atomic E-state index is -3.59. The zero-order chi connectivity index (χ0) is 22.4. The third-order valence-corrected chi connectivity index (χ3v) is 7.22. The monoisotopic (exact) mass is 496 g/mol. The first-order valence-corrected chi connectivity index (χ1v) is 12.4. The molecule has 0 aliphatic carbocycles. The molecule has 7 nitrogen and oxygen atoms in total. The number of nitrogens with zero attached hydrogens (tertiary/aromatic N) is 3. The molecule has 0 fully saturated rings. The van der Waals surface area contributed by atoms with Gasteiger partial charge in [0.05, 0.1) is 21.4 Å². The Bertz CT molecular complexity index is 1200. The molecule has 31 heavy (non-hydrogen) atoms. The number of amides is 1. The van der Waals surface area contributed by atoms with Gasteiger partial charge in [-0.2, -0.15) is 0 Å². The largest absolute Gasteiger partial charge is 0.324 e. The molecule has 0 radical (unpaired) electrons. The maximum atomic E-state index is 12.7. The van der Waals surface area contributed by atoms with Crippen LogP contribution >= 0.6 is 35.0 Å². The lowest BCUT2D eigenvalue weighted by molar-refractivity contribution is -0.113. The number of thioether (sulfide) groups is 1. The van der Waals surface area contributed by atoms with E-state index in [0.717, 1.165) is 11.8 Å². The van der Waals surface area contributed by atoms with Crippen molar-refractivity contribution in [2.75, 3.05) is 11.1 Å². The summed E-state index contributed by atoms with van der Waals surface area (Å²) < 4.78 is 27.0. The van der Waals surface area contributed by atoms with Gasteiger partial charge in [-0.15, -0.1) is 16.8 Å². The Labute approximate surface area is 194 Å². The van der Waals surface area contributed by atoms with E-state index in [1.165, 1.54) is 12.1 Å². The molecule has 1 amide bonds. The predicted molar refractivity (Wildman–Crippen MR) is 123 cm³/mol. The summed E-state index contributed by atoms with van der Waals surface area (Å²) >= 11 is 13.1. The average molecular weight is 497 g/mol. The summed E-state index contributed by atoms with van der Waals surface area (Å²) in [6, 6.07) is 12.9. The summed E-state index contributed by atoms with van der Waals surface area (Å²) in [4.78, 5) is 12.5. The zero-order valence-corrected chi connectivity index (χ0v) is 19.3. The summed E-state index contributed by atoms with van der Waals surface area (Å²) in [5, 5.41) is 12.0. The highest BCUT2D eigenvalue weighted by Crippen LogP contribution is 2.26. The van der Waals surface area contributed by atoms with Gasteiger partial charge in [-0.1, -0.05) is 59.2 Å². The summed E-state index contributed by atoms with van der Waals surface area (Å²) in [6.07, 6.45) is 1.61. The highest BCUT2D eigenvalue weighted by Gasteiger charge is 2.21. The van der Waals surface area contributed by atoms with Crippen LogP contribution in [0.3, 0.4) is 0 Å². The van der Waals surface area contributed by atoms with Crippen molar-refractivity contribution < 1.29 is 13.2 Å². The van der Waals surface area contributed by atoms with Crippen LogP contribution in [0.5, 0.6) is 0 Å². The second kappa shape index (κ2) is 10.3.